The minimum atomic E-state index is 0.355. The first-order chi connectivity index (χ1) is 7.66. The van der Waals surface area contributed by atoms with E-state index in [-0.39, 0.29) is 0 Å². The topological polar surface area (TPSA) is 37.5 Å². The molecule has 0 fully saturated rings. The Hall–Kier alpha value is -1.51. The summed E-state index contributed by atoms with van der Waals surface area (Å²) in [5.74, 6) is 1.05. The van der Waals surface area contributed by atoms with Crippen molar-refractivity contribution >= 4 is 5.52 Å². The molecule has 1 aliphatic rings. The molecule has 2 aromatic heterocycles. The largest absolute Gasteiger partial charge is 0.506 e. The smallest absolute Gasteiger partial charge is 0.141 e. The summed E-state index contributed by atoms with van der Waals surface area (Å²) in [6.45, 7) is 4.29. The van der Waals surface area contributed by atoms with Crippen LogP contribution < -0.4 is 0 Å². The van der Waals surface area contributed by atoms with Gasteiger partial charge in [-0.2, -0.15) is 5.10 Å². The molecular weight excluding hydrogens is 200 g/mol. The van der Waals surface area contributed by atoms with Crippen molar-refractivity contribution in [1.82, 2.24) is 9.61 Å². The molecule has 0 aromatic carbocycles. The molecule has 2 heterocycles. The molecule has 0 bridgehead atoms. The Morgan fingerprint density at radius 3 is 3.06 bits per heavy atom. The average molecular weight is 216 g/mol. The molecule has 0 amide bonds. The third-order valence-electron chi connectivity index (χ3n) is 3.55. The van der Waals surface area contributed by atoms with Crippen LogP contribution in [0.25, 0.3) is 5.52 Å². The van der Waals surface area contributed by atoms with Gasteiger partial charge < -0.3 is 5.11 Å². The van der Waals surface area contributed by atoms with Crippen LogP contribution in [0.15, 0.2) is 12.1 Å². The molecule has 1 atom stereocenters. The van der Waals surface area contributed by atoms with Crippen LogP contribution in [-0.4, -0.2) is 14.7 Å². The highest BCUT2D eigenvalue weighted by Crippen LogP contribution is 2.32. The van der Waals surface area contributed by atoms with Gasteiger partial charge in [-0.05, 0) is 44.2 Å². The van der Waals surface area contributed by atoms with E-state index in [0.717, 1.165) is 24.1 Å². The van der Waals surface area contributed by atoms with Crippen LogP contribution in [0.3, 0.4) is 0 Å². The van der Waals surface area contributed by atoms with E-state index >= 15 is 0 Å². The fourth-order valence-corrected chi connectivity index (χ4v) is 2.61. The van der Waals surface area contributed by atoms with Gasteiger partial charge in [-0.25, -0.2) is 4.52 Å². The summed E-state index contributed by atoms with van der Waals surface area (Å²) in [5, 5.41) is 14.6. The van der Waals surface area contributed by atoms with Gasteiger partial charge in [-0.15, -0.1) is 0 Å². The highest BCUT2D eigenvalue weighted by atomic mass is 16.3. The zero-order valence-corrected chi connectivity index (χ0v) is 9.70. The highest BCUT2D eigenvalue weighted by molar-refractivity contribution is 5.67. The van der Waals surface area contributed by atoms with Crippen molar-refractivity contribution in [3.05, 3.63) is 29.1 Å². The molecule has 3 heteroatoms. The predicted molar refractivity (Wildman–Crippen MR) is 62.8 cm³/mol. The summed E-state index contributed by atoms with van der Waals surface area (Å²) in [7, 11) is 0. The maximum absolute atomic E-state index is 9.97. The maximum atomic E-state index is 9.97. The van der Waals surface area contributed by atoms with Crippen molar-refractivity contribution in [3.63, 3.8) is 0 Å². The van der Waals surface area contributed by atoms with Crippen molar-refractivity contribution in [2.24, 2.45) is 5.92 Å². The first-order valence-corrected chi connectivity index (χ1v) is 5.86. The SMILES string of the molecule is Cc1ccc(O)c2c3c(nn12)CCC(C)C3. The summed E-state index contributed by atoms with van der Waals surface area (Å²) in [4.78, 5) is 0. The molecule has 1 unspecified atom stereocenters. The highest BCUT2D eigenvalue weighted by Gasteiger charge is 2.22. The lowest BCUT2D eigenvalue weighted by Gasteiger charge is -2.16. The molecule has 0 saturated carbocycles. The number of fused-ring (bicyclic) bond motifs is 3. The lowest BCUT2D eigenvalue weighted by atomic mass is 9.88. The Labute approximate surface area is 94.7 Å². The van der Waals surface area contributed by atoms with E-state index in [1.54, 1.807) is 6.07 Å². The second kappa shape index (κ2) is 3.24. The zero-order chi connectivity index (χ0) is 11.3. The van der Waals surface area contributed by atoms with E-state index in [0.29, 0.717) is 11.7 Å². The quantitative estimate of drug-likeness (QED) is 0.734. The van der Waals surface area contributed by atoms with Gasteiger partial charge in [0.25, 0.3) is 0 Å². The summed E-state index contributed by atoms with van der Waals surface area (Å²) in [6, 6.07) is 3.68. The lowest BCUT2D eigenvalue weighted by molar-refractivity contribution is 0.475. The van der Waals surface area contributed by atoms with Crippen LogP contribution in [0.4, 0.5) is 0 Å². The Morgan fingerprint density at radius 2 is 2.25 bits per heavy atom. The molecule has 1 aliphatic carbocycles. The second-order valence-electron chi connectivity index (χ2n) is 4.89. The Bertz CT molecular complexity index is 557. The van der Waals surface area contributed by atoms with Gasteiger partial charge in [-0.3, -0.25) is 0 Å². The number of hydrogen-bond acceptors (Lipinski definition) is 2. The standard InChI is InChI=1S/C13H16N2O/c1-8-3-5-11-10(7-8)13-12(16)6-4-9(2)15(13)14-11/h4,6,8,16H,3,5,7H2,1-2H3. The molecule has 84 valence electrons. The number of rotatable bonds is 0. The first kappa shape index (κ1) is 9.70. The van der Waals surface area contributed by atoms with Crippen molar-refractivity contribution in [1.29, 1.82) is 0 Å². The van der Waals surface area contributed by atoms with E-state index in [4.69, 9.17) is 0 Å². The average Bonchev–Trinajstić information content (AvgIpc) is 2.63. The van der Waals surface area contributed by atoms with Gasteiger partial charge in [0.05, 0.1) is 5.69 Å². The van der Waals surface area contributed by atoms with Crippen LogP contribution in [-0.2, 0) is 12.8 Å². The van der Waals surface area contributed by atoms with Crippen molar-refractivity contribution < 1.29 is 5.11 Å². The van der Waals surface area contributed by atoms with Crippen molar-refractivity contribution in [2.45, 2.75) is 33.1 Å². The molecule has 0 aliphatic heterocycles. The van der Waals surface area contributed by atoms with Gasteiger partial charge in [0.15, 0.2) is 0 Å². The molecule has 0 radical (unpaired) electrons. The number of aromatic hydroxyl groups is 1. The summed E-state index contributed by atoms with van der Waals surface area (Å²) >= 11 is 0. The molecule has 1 N–H and O–H groups in total. The van der Waals surface area contributed by atoms with Crippen molar-refractivity contribution in [2.75, 3.05) is 0 Å². The van der Waals surface area contributed by atoms with E-state index in [1.807, 2.05) is 17.5 Å². The van der Waals surface area contributed by atoms with Gasteiger partial charge in [-0.1, -0.05) is 6.92 Å². The molecule has 0 saturated heterocycles. The maximum Gasteiger partial charge on any atom is 0.141 e. The third-order valence-corrected chi connectivity index (χ3v) is 3.55. The third kappa shape index (κ3) is 1.24. The normalized spacial score (nSPS) is 20.0. The van der Waals surface area contributed by atoms with E-state index < -0.39 is 0 Å². The van der Waals surface area contributed by atoms with Gasteiger partial charge in [0.2, 0.25) is 0 Å². The number of aryl methyl sites for hydroxylation is 2. The van der Waals surface area contributed by atoms with Crippen LogP contribution in [0.1, 0.15) is 30.3 Å². The molecule has 3 rings (SSSR count). The monoisotopic (exact) mass is 216 g/mol. The number of pyridine rings is 1. The minimum absolute atomic E-state index is 0.355. The zero-order valence-electron chi connectivity index (χ0n) is 9.70. The Morgan fingerprint density at radius 1 is 1.44 bits per heavy atom. The number of nitrogens with zero attached hydrogens (tertiary/aromatic N) is 2. The molecular formula is C13H16N2O. The lowest BCUT2D eigenvalue weighted by Crippen LogP contribution is -2.09. The van der Waals surface area contributed by atoms with E-state index in [2.05, 4.69) is 12.0 Å². The Balaban J connectivity index is 2.34. The Kier molecular flexibility index (Phi) is 1.96. The minimum Gasteiger partial charge on any atom is -0.506 e. The van der Waals surface area contributed by atoms with E-state index in [1.165, 1.54) is 17.7 Å². The number of aromatic nitrogens is 2. The van der Waals surface area contributed by atoms with Gasteiger partial charge in [0.1, 0.15) is 11.3 Å². The fourth-order valence-electron chi connectivity index (χ4n) is 2.61. The first-order valence-electron chi connectivity index (χ1n) is 5.86. The predicted octanol–water partition coefficient (Wildman–Crippen LogP) is 2.47. The van der Waals surface area contributed by atoms with E-state index in [9.17, 15) is 5.11 Å². The summed E-state index contributed by atoms with van der Waals surface area (Å²) in [6.07, 6.45) is 3.28. The van der Waals surface area contributed by atoms with Gasteiger partial charge >= 0.3 is 0 Å². The molecule has 0 spiro atoms. The van der Waals surface area contributed by atoms with Crippen LogP contribution in [0.5, 0.6) is 5.75 Å². The van der Waals surface area contributed by atoms with Gasteiger partial charge in [0, 0.05) is 11.3 Å². The van der Waals surface area contributed by atoms with Crippen LogP contribution in [0.2, 0.25) is 0 Å². The number of hydrogen-bond donors (Lipinski definition) is 1. The summed E-state index contributed by atoms with van der Waals surface area (Å²) in [5.41, 5.74) is 4.42. The molecule has 2 aromatic rings. The van der Waals surface area contributed by atoms with Crippen LogP contribution in [0, 0.1) is 12.8 Å². The second-order valence-corrected chi connectivity index (χ2v) is 4.89. The molecule has 16 heavy (non-hydrogen) atoms. The molecule has 3 nitrogen and oxygen atoms in total. The van der Waals surface area contributed by atoms with Crippen molar-refractivity contribution in [3.8, 4) is 5.75 Å². The summed E-state index contributed by atoms with van der Waals surface area (Å²) < 4.78 is 1.89. The fraction of sp³-hybridized carbons (Fsp3) is 0.462. The van der Waals surface area contributed by atoms with Crippen LogP contribution >= 0.6 is 0 Å².